The minimum atomic E-state index is -0.921. The molecular weight excluding hydrogens is 253 g/mol. The van der Waals surface area contributed by atoms with Crippen molar-refractivity contribution in [3.8, 4) is 0 Å². The van der Waals surface area contributed by atoms with Crippen molar-refractivity contribution in [3.05, 3.63) is 58.0 Å². The summed E-state index contributed by atoms with van der Waals surface area (Å²) < 4.78 is 12.7. The van der Waals surface area contributed by atoms with Crippen molar-refractivity contribution < 1.29 is 14.3 Å². The molecule has 1 aromatic carbocycles. The maximum absolute atomic E-state index is 12.7. The van der Waals surface area contributed by atoms with Crippen molar-refractivity contribution in [1.29, 1.82) is 0 Å². The monoisotopic (exact) mass is 265 g/mol. The number of nitrogens with one attached hydrogen (secondary N) is 1. The number of aliphatic carboxylic acids is 1. The molecule has 2 rings (SSSR count). The van der Waals surface area contributed by atoms with E-state index in [-0.39, 0.29) is 5.82 Å². The second-order valence-electron chi connectivity index (χ2n) is 3.84. The second kappa shape index (κ2) is 5.75. The van der Waals surface area contributed by atoms with Crippen LogP contribution in [0, 0.1) is 5.82 Å². The van der Waals surface area contributed by atoms with Crippen LogP contribution in [-0.2, 0) is 11.3 Å². The molecule has 0 saturated heterocycles. The van der Waals surface area contributed by atoms with E-state index in [2.05, 4.69) is 5.32 Å². The summed E-state index contributed by atoms with van der Waals surface area (Å²) >= 11 is 1.46. The highest BCUT2D eigenvalue weighted by atomic mass is 32.1. The first-order valence-electron chi connectivity index (χ1n) is 5.39. The van der Waals surface area contributed by atoms with Crippen LogP contribution in [0.5, 0.6) is 0 Å². The second-order valence-corrected chi connectivity index (χ2v) is 4.62. The molecule has 0 bridgehead atoms. The van der Waals surface area contributed by atoms with E-state index in [1.807, 2.05) is 5.38 Å². The molecule has 1 heterocycles. The Kier molecular flexibility index (Phi) is 4.07. The lowest BCUT2D eigenvalue weighted by atomic mass is 10.1. The van der Waals surface area contributed by atoms with E-state index >= 15 is 0 Å². The molecule has 0 spiro atoms. The van der Waals surface area contributed by atoms with Crippen molar-refractivity contribution in [2.45, 2.75) is 12.6 Å². The minimum Gasteiger partial charge on any atom is -0.480 e. The molecule has 0 saturated carbocycles. The number of halogens is 1. The van der Waals surface area contributed by atoms with Gasteiger partial charge in [0.25, 0.3) is 0 Å². The quantitative estimate of drug-likeness (QED) is 0.874. The van der Waals surface area contributed by atoms with E-state index in [9.17, 15) is 9.18 Å². The van der Waals surface area contributed by atoms with E-state index in [0.29, 0.717) is 6.54 Å². The molecule has 5 heteroatoms. The fourth-order valence-electron chi connectivity index (χ4n) is 1.61. The molecule has 1 unspecified atom stereocenters. The van der Waals surface area contributed by atoms with Crippen LogP contribution in [0.15, 0.2) is 41.1 Å². The van der Waals surface area contributed by atoms with Gasteiger partial charge in [0.1, 0.15) is 11.9 Å². The van der Waals surface area contributed by atoms with Gasteiger partial charge in [-0.25, -0.2) is 4.39 Å². The van der Waals surface area contributed by atoms with Crippen molar-refractivity contribution in [2.24, 2.45) is 0 Å². The molecule has 0 aliphatic rings. The van der Waals surface area contributed by atoms with Crippen molar-refractivity contribution >= 4 is 17.3 Å². The lowest BCUT2D eigenvalue weighted by Crippen LogP contribution is -2.27. The molecule has 3 nitrogen and oxygen atoms in total. The third-order valence-electron chi connectivity index (χ3n) is 2.55. The number of hydrogen-bond acceptors (Lipinski definition) is 3. The van der Waals surface area contributed by atoms with Gasteiger partial charge in [-0.1, -0.05) is 12.1 Å². The average molecular weight is 265 g/mol. The Hall–Kier alpha value is -1.72. The fraction of sp³-hybridized carbons (Fsp3) is 0.154. The summed E-state index contributed by atoms with van der Waals surface area (Å²) in [6.45, 7) is 0.382. The summed E-state index contributed by atoms with van der Waals surface area (Å²) in [6, 6.07) is 7.03. The first kappa shape index (κ1) is 12.7. The number of benzene rings is 1. The van der Waals surface area contributed by atoms with Crippen LogP contribution in [-0.4, -0.2) is 11.1 Å². The maximum atomic E-state index is 12.7. The van der Waals surface area contributed by atoms with Crippen molar-refractivity contribution in [2.75, 3.05) is 0 Å². The van der Waals surface area contributed by atoms with E-state index in [1.54, 1.807) is 23.6 Å². The van der Waals surface area contributed by atoms with Crippen LogP contribution in [0.2, 0.25) is 0 Å². The van der Waals surface area contributed by atoms with Gasteiger partial charge in [-0.05, 0) is 40.1 Å². The van der Waals surface area contributed by atoms with Crippen LogP contribution in [0.4, 0.5) is 4.39 Å². The molecule has 94 valence electrons. The zero-order valence-corrected chi connectivity index (χ0v) is 10.3. The lowest BCUT2D eigenvalue weighted by Gasteiger charge is -2.13. The maximum Gasteiger partial charge on any atom is 0.325 e. The third-order valence-corrected chi connectivity index (χ3v) is 3.25. The predicted octanol–water partition coefficient (Wildman–Crippen LogP) is 2.80. The van der Waals surface area contributed by atoms with Crippen LogP contribution in [0.1, 0.15) is 17.2 Å². The Morgan fingerprint density at radius 2 is 2.06 bits per heavy atom. The molecular formula is C13H12FNO2S. The fourth-order valence-corrected chi connectivity index (χ4v) is 2.30. The van der Waals surface area contributed by atoms with E-state index < -0.39 is 12.0 Å². The van der Waals surface area contributed by atoms with Gasteiger partial charge in [0, 0.05) is 6.54 Å². The normalized spacial score (nSPS) is 12.3. The minimum absolute atomic E-state index is 0.300. The molecule has 0 radical (unpaired) electrons. The third kappa shape index (κ3) is 3.15. The average Bonchev–Trinajstić information content (AvgIpc) is 2.85. The number of carboxylic acids is 1. The lowest BCUT2D eigenvalue weighted by molar-refractivity contribution is -0.139. The summed E-state index contributed by atoms with van der Waals surface area (Å²) in [4.78, 5) is 11.2. The first-order valence-corrected chi connectivity index (χ1v) is 6.34. The zero-order valence-electron chi connectivity index (χ0n) is 9.47. The number of rotatable bonds is 5. The standard InChI is InChI=1S/C13H12FNO2S/c14-11-3-1-9(2-4-11)7-15-12(13(16)17)10-5-6-18-8-10/h1-6,8,12,15H,7H2,(H,16,17). The molecule has 0 aliphatic carbocycles. The van der Waals surface area contributed by atoms with Gasteiger partial charge < -0.3 is 5.11 Å². The van der Waals surface area contributed by atoms with Gasteiger partial charge in [0.2, 0.25) is 0 Å². The Labute approximate surface area is 108 Å². The molecule has 0 aliphatic heterocycles. The summed E-state index contributed by atoms with van der Waals surface area (Å²) in [7, 11) is 0. The molecule has 2 N–H and O–H groups in total. The van der Waals surface area contributed by atoms with Crippen LogP contribution >= 0.6 is 11.3 Å². The first-order chi connectivity index (χ1) is 8.66. The van der Waals surface area contributed by atoms with E-state index in [1.165, 1.54) is 23.5 Å². The molecule has 1 atom stereocenters. The topological polar surface area (TPSA) is 49.3 Å². The summed E-state index contributed by atoms with van der Waals surface area (Å²) in [6.07, 6.45) is 0. The number of hydrogen-bond donors (Lipinski definition) is 2. The number of thiophene rings is 1. The Balaban J connectivity index is 2.02. The van der Waals surface area contributed by atoms with Gasteiger partial charge in [0.05, 0.1) is 0 Å². The Morgan fingerprint density at radius 3 is 2.61 bits per heavy atom. The molecule has 0 fully saturated rings. The summed E-state index contributed by atoms with van der Waals surface area (Å²) in [5.41, 5.74) is 1.58. The van der Waals surface area contributed by atoms with Gasteiger partial charge in [-0.15, -0.1) is 0 Å². The van der Waals surface area contributed by atoms with Crippen molar-refractivity contribution in [3.63, 3.8) is 0 Å². The van der Waals surface area contributed by atoms with Crippen molar-refractivity contribution in [1.82, 2.24) is 5.32 Å². The molecule has 0 amide bonds. The van der Waals surface area contributed by atoms with Crippen LogP contribution in [0.3, 0.4) is 0 Å². The summed E-state index contributed by atoms with van der Waals surface area (Å²) in [5, 5.41) is 15.7. The van der Waals surface area contributed by atoms with Gasteiger partial charge >= 0.3 is 5.97 Å². The Morgan fingerprint density at radius 1 is 1.33 bits per heavy atom. The highest BCUT2D eigenvalue weighted by molar-refractivity contribution is 7.08. The number of carbonyl (C=O) groups is 1. The van der Waals surface area contributed by atoms with Gasteiger partial charge in [0.15, 0.2) is 0 Å². The van der Waals surface area contributed by atoms with Gasteiger partial charge in [-0.3, -0.25) is 10.1 Å². The SMILES string of the molecule is O=C(O)C(NCc1ccc(F)cc1)c1ccsc1. The highest BCUT2D eigenvalue weighted by Gasteiger charge is 2.19. The molecule has 2 aromatic rings. The molecule has 1 aromatic heterocycles. The summed E-state index contributed by atoms with van der Waals surface area (Å²) in [5.74, 6) is -1.22. The van der Waals surface area contributed by atoms with Gasteiger partial charge in [-0.2, -0.15) is 11.3 Å². The smallest absolute Gasteiger partial charge is 0.325 e. The Bertz CT molecular complexity index is 510. The number of carboxylic acid groups (broad SMARTS) is 1. The highest BCUT2D eigenvalue weighted by Crippen LogP contribution is 2.17. The molecule has 18 heavy (non-hydrogen) atoms. The van der Waals surface area contributed by atoms with E-state index in [4.69, 9.17) is 5.11 Å². The van der Waals surface area contributed by atoms with Crippen LogP contribution in [0.25, 0.3) is 0 Å². The van der Waals surface area contributed by atoms with Crippen LogP contribution < -0.4 is 5.32 Å². The predicted molar refractivity (Wildman–Crippen MR) is 67.9 cm³/mol. The van der Waals surface area contributed by atoms with E-state index in [0.717, 1.165) is 11.1 Å². The largest absolute Gasteiger partial charge is 0.480 e. The zero-order chi connectivity index (χ0) is 13.0.